The maximum atomic E-state index is 13.4. The Labute approximate surface area is 161 Å². The van der Waals surface area contributed by atoms with Gasteiger partial charge < -0.3 is 19.6 Å². The molecular weight excluding hydrogens is 342 g/mol. The molecule has 1 aromatic heterocycles. The quantitative estimate of drug-likeness (QED) is 0.882. The summed E-state index contributed by atoms with van der Waals surface area (Å²) in [5.41, 5.74) is 1.82. The third-order valence-electron chi connectivity index (χ3n) is 6.81. The molecule has 3 heterocycles. The first kappa shape index (κ1) is 18.5. The molecule has 0 bridgehead atoms. The second-order valence-electron chi connectivity index (χ2n) is 8.47. The molecule has 1 aromatic rings. The third-order valence-corrected chi connectivity index (χ3v) is 6.81. The summed E-state index contributed by atoms with van der Waals surface area (Å²) in [4.78, 5) is 22.4. The van der Waals surface area contributed by atoms with Gasteiger partial charge in [0.25, 0.3) is 0 Å². The zero-order valence-corrected chi connectivity index (χ0v) is 16.5. The number of anilines is 1. The molecule has 1 aliphatic carbocycles. The zero-order valence-electron chi connectivity index (χ0n) is 16.5. The van der Waals surface area contributed by atoms with Crippen molar-refractivity contribution in [1.29, 1.82) is 0 Å². The average Bonchev–Trinajstić information content (AvgIpc) is 2.98. The van der Waals surface area contributed by atoms with Crippen LogP contribution in [0.5, 0.6) is 5.88 Å². The number of aryl methyl sites for hydroxylation is 1. The fraction of sp³-hybridized carbons (Fsp3) is 0.714. The number of ether oxygens (including phenoxy) is 1. The predicted octanol–water partition coefficient (Wildman–Crippen LogP) is 2.52. The number of aromatic nitrogens is 1. The summed E-state index contributed by atoms with van der Waals surface area (Å²) in [6.07, 6.45) is 6.32. The van der Waals surface area contributed by atoms with Gasteiger partial charge in [0.1, 0.15) is 0 Å². The number of carbonyl (C=O) groups is 1. The van der Waals surface area contributed by atoms with Gasteiger partial charge in [-0.3, -0.25) is 4.79 Å². The van der Waals surface area contributed by atoms with Crippen LogP contribution >= 0.6 is 0 Å². The number of nitrogens with zero attached hydrogens (tertiary/aromatic N) is 3. The van der Waals surface area contributed by atoms with Crippen LogP contribution in [0.4, 0.5) is 5.69 Å². The van der Waals surface area contributed by atoms with E-state index < -0.39 is 0 Å². The van der Waals surface area contributed by atoms with Crippen molar-refractivity contribution >= 4 is 11.6 Å². The van der Waals surface area contributed by atoms with Gasteiger partial charge in [-0.25, -0.2) is 4.98 Å². The Bertz CT molecular complexity index is 702. The molecule has 3 fully saturated rings. The Morgan fingerprint density at radius 2 is 1.96 bits per heavy atom. The molecule has 2 saturated heterocycles. The maximum Gasteiger partial charge on any atom is 0.230 e. The number of aliphatic hydroxyl groups is 1. The van der Waals surface area contributed by atoms with E-state index in [1.807, 2.05) is 13.0 Å². The normalized spacial score (nSPS) is 31.6. The highest BCUT2D eigenvalue weighted by Gasteiger charge is 2.50. The molecule has 0 aromatic carbocycles. The third kappa shape index (κ3) is 3.40. The van der Waals surface area contributed by atoms with Gasteiger partial charge in [0.05, 0.1) is 30.0 Å². The Balaban J connectivity index is 1.50. The average molecular weight is 373 g/mol. The summed E-state index contributed by atoms with van der Waals surface area (Å²) in [7, 11) is 1.63. The smallest absolute Gasteiger partial charge is 0.230 e. The van der Waals surface area contributed by atoms with Crippen molar-refractivity contribution in [3.05, 3.63) is 17.8 Å². The number of hydrogen-bond donors (Lipinski definition) is 1. The Morgan fingerprint density at radius 3 is 2.67 bits per heavy atom. The number of pyridine rings is 1. The van der Waals surface area contributed by atoms with Gasteiger partial charge in [-0.05, 0) is 57.9 Å². The first-order chi connectivity index (χ1) is 13.0. The van der Waals surface area contributed by atoms with E-state index in [0.717, 1.165) is 76.0 Å². The lowest BCUT2D eigenvalue weighted by atomic mass is 9.78. The summed E-state index contributed by atoms with van der Waals surface area (Å²) in [6.45, 7) is 4.63. The van der Waals surface area contributed by atoms with E-state index in [4.69, 9.17) is 4.74 Å². The summed E-state index contributed by atoms with van der Waals surface area (Å²) in [5, 5.41) is 9.78. The standard InChI is InChI=1S/C21H31N3O3/c1-15-18(8-9-19(22-15)27-2)23-12-3-10-21(14-23)11-13-24(20(21)26)16-4-6-17(25)7-5-16/h8-9,16-17,25H,3-7,10-14H2,1-2H3. The second kappa shape index (κ2) is 7.30. The summed E-state index contributed by atoms with van der Waals surface area (Å²) in [5.74, 6) is 0.971. The number of amides is 1. The first-order valence-electron chi connectivity index (χ1n) is 10.3. The van der Waals surface area contributed by atoms with E-state index in [1.165, 1.54) is 0 Å². The number of likely N-dealkylation sites (tertiary alicyclic amines) is 1. The number of methoxy groups -OCH3 is 1. The molecule has 2 aliphatic heterocycles. The molecule has 4 rings (SSSR count). The molecule has 1 unspecified atom stereocenters. The van der Waals surface area contributed by atoms with Crippen LogP contribution in [0, 0.1) is 12.3 Å². The molecule has 1 saturated carbocycles. The van der Waals surface area contributed by atoms with E-state index in [-0.39, 0.29) is 11.5 Å². The van der Waals surface area contributed by atoms with Crippen LogP contribution in [0.1, 0.15) is 50.6 Å². The van der Waals surface area contributed by atoms with Crippen molar-refractivity contribution in [2.45, 2.75) is 64.0 Å². The van der Waals surface area contributed by atoms with Gasteiger partial charge in [0, 0.05) is 31.7 Å². The fourth-order valence-corrected chi connectivity index (χ4v) is 5.26. The molecule has 1 spiro atoms. The van der Waals surface area contributed by atoms with Crippen LogP contribution in [-0.2, 0) is 4.79 Å². The molecule has 27 heavy (non-hydrogen) atoms. The highest BCUT2D eigenvalue weighted by Crippen LogP contribution is 2.43. The van der Waals surface area contributed by atoms with Gasteiger partial charge in [-0.15, -0.1) is 0 Å². The van der Waals surface area contributed by atoms with E-state index in [9.17, 15) is 9.90 Å². The number of piperidine rings is 1. The topological polar surface area (TPSA) is 65.9 Å². The lowest BCUT2D eigenvalue weighted by Gasteiger charge is -2.41. The van der Waals surface area contributed by atoms with Crippen molar-refractivity contribution in [2.24, 2.45) is 5.41 Å². The van der Waals surface area contributed by atoms with Crippen LogP contribution in [0.2, 0.25) is 0 Å². The van der Waals surface area contributed by atoms with Gasteiger partial charge in [0.2, 0.25) is 11.8 Å². The van der Waals surface area contributed by atoms with Crippen LogP contribution in [-0.4, -0.2) is 59.8 Å². The SMILES string of the molecule is COc1ccc(N2CCCC3(CCN(C4CCC(O)CC4)C3=O)C2)c(C)n1. The van der Waals surface area contributed by atoms with Crippen molar-refractivity contribution in [1.82, 2.24) is 9.88 Å². The van der Waals surface area contributed by atoms with Crippen LogP contribution in [0.25, 0.3) is 0 Å². The summed E-state index contributed by atoms with van der Waals surface area (Å²) in [6, 6.07) is 4.29. The number of aliphatic hydroxyl groups excluding tert-OH is 1. The molecule has 1 amide bonds. The van der Waals surface area contributed by atoms with Crippen molar-refractivity contribution in [2.75, 3.05) is 31.6 Å². The molecule has 0 radical (unpaired) electrons. The monoisotopic (exact) mass is 373 g/mol. The highest BCUT2D eigenvalue weighted by molar-refractivity contribution is 5.86. The van der Waals surface area contributed by atoms with E-state index in [1.54, 1.807) is 7.11 Å². The minimum Gasteiger partial charge on any atom is -0.481 e. The first-order valence-corrected chi connectivity index (χ1v) is 10.3. The molecule has 6 nitrogen and oxygen atoms in total. The van der Waals surface area contributed by atoms with Crippen molar-refractivity contribution < 1.29 is 14.6 Å². The number of hydrogen-bond acceptors (Lipinski definition) is 5. The van der Waals surface area contributed by atoms with Crippen molar-refractivity contribution in [3.8, 4) is 5.88 Å². The van der Waals surface area contributed by atoms with E-state index in [2.05, 4.69) is 20.9 Å². The Hall–Kier alpha value is -1.82. The lowest BCUT2D eigenvalue weighted by Crippen LogP contribution is -2.50. The lowest BCUT2D eigenvalue weighted by molar-refractivity contribution is -0.139. The highest BCUT2D eigenvalue weighted by atomic mass is 16.5. The molecule has 3 aliphatic rings. The van der Waals surface area contributed by atoms with Crippen LogP contribution in [0.15, 0.2) is 12.1 Å². The maximum absolute atomic E-state index is 13.4. The molecule has 1 N–H and O–H groups in total. The molecule has 6 heteroatoms. The minimum atomic E-state index is -0.249. The number of carbonyl (C=O) groups excluding carboxylic acids is 1. The Morgan fingerprint density at radius 1 is 1.19 bits per heavy atom. The summed E-state index contributed by atoms with van der Waals surface area (Å²) < 4.78 is 5.23. The largest absolute Gasteiger partial charge is 0.481 e. The predicted molar refractivity (Wildman–Crippen MR) is 104 cm³/mol. The Kier molecular flexibility index (Phi) is 5.01. The van der Waals surface area contributed by atoms with Gasteiger partial charge >= 0.3 is 0 Å². The van der Waals surface area contributed by atoms with Gasteiger partial charge in [-0.1, -0.05) is 0 Å². The van der Waals surface area contributed by atoms with Crippen LogP contribution in [0.3, 0.4) is 0 Å². The second-order valence-corrected chi connectivity index (χ2v) is 8.47. The fourth-order valence-electron chi connectivity index (χ4n) is 5.26. The van der Waals surface area contributed by atoms with Crippen LogP contribution < -0.4 is 9.64 Å². The number of rotatable bonds is 3. The molecule has 148 valence electrons. The molecule has 1 atom stereocenters. The minimum absolute atomic E-state index is 0.177. The van der Waals surface area contributed by atoms with Gasteiger partial charge in [-0.2, -0.15) is 0 Å². The van der Waals surface area contributed by atoms with E-state index in [0.29, 0.717) is 17.8 Å². The summed E-state index contributed by atoms with van der Waals surface area (Å²) >= 11 is 0. The molecular formula is C21H31N3O3. The van der Waals surface area contributed by atoms with E-state index >= 15 is 0 Å². The zero-order chi connectivity index (χ0) is 19.0. The van der Waals surface area contributed by atoms with Crippen molar-refractivity contribution in [3.63, 3.8) is 0 Å². The van der Waals surface area contributed by atoms with Gasteiger partial charge in [0.15, 0.2) is 0 Å².